The van der Waals surface area contributed by atoms with Crippen molar-refractivity contribution in [1.29, 1.82) is 0 Å². The molecule has 21 heavy (non-hydrogen) atoms. The number of hydrogen-bond donors (Lipinski definition) is 1. The number of nitrogens with zero attached hydrogens (tertiary/aromatic N) is 1. The maximum absolute atomic E-state index is 6.13. The fourth-order valence-electron chi connectivity index (χ4n) is 3.11. The van der Waals surface area contributed by atoms with E-state index in [4.69, 9.17) is 15.2 Å². The molecule has 4 nitrogen and oxygen atoms in total. The van der Waals surface area contributed by atoms with Crippen molar-refractivity contribution in [2.75, 3.05) is 33.9 Å². The second-order valence-corrected chi connectivity index (χ2v) is 5.78. The van der Waals surface area contributed by atoms with Crippen molar-refractivity contribution in [3.8, 4) is 5.75 Å². The molecule has 0 aliphatic heterocycles. The van der Waals surface area contributed by atoms with E-state index in [0.29, 0.717) is 19.2 Å². The summed E-state index contributed by atoms with van der Waals surface area (Å²) in [5.41, 5.74) is 7.20. The van der Waals surface area contributed by atoms with E-state index < -0.39 is 0 Å². The predicted molar refractivity (Wildman–Crippen MR) is 87.9 cm³/mol. The van der Waals surface area contributed by atoms with Gasteiger partial charge in [0.25, 0.3) is 0 Å². The van der Waals surface area contributed by atoms with Gasteiger partial charge in [0, 0.05) is 25.2 Å². The van der Waals surface area contributed by atoms with Crippen molar-refractivity contribution in [1.82, 2.24) is 4.90 Å². The fourth-order valence-corrected chi connectivity index (χ4v) is 3.11. The van der Waals surface area contributed by atoms with Crippen LogP contribution in [0.3, 0.4) is 0 Å². The van der Waals surface area contributed by atoms with Crippen molar-refractivity contribution >= 4 is 0 Å². The Balaban J connectivity index is 3.01. The first kappa shape index (κ1) is 18.0. The van der Waals surface area contributed by atoms with Crippen LogP contribution in [0.4, 0.5) is 0 Å². The lowest BCUT2D eigenvalue weighted by molar-refractivity contribution is 0.0293. The highest BCUT2D eigenvalue weighted by atomic mass is 16.5. The quantitative estimate of drug-likeness (QED) is 0.759. The van der Waals surface area contributed by atoms with Crippen LogP contribution in [-0.2, 0) is 11.2 Å². The van der Waals surface area contributed by atoms with Crippen molar-refractivity contribution in [3.63, 3.8) is 0 Å². The molecule has 0 aliphatic carbocycles. The molecule has 4 heteroatoms. The minimum atomic E-state index is -0.124. The Labute approximate surface area is 129 Å². The lowest BCUT2D eigenvalue weighted by Crippen LogP contribution is -2.57. The zero-order valence-electron chi connectivity index (χ0n) is 14.1. The molecule has 0 fully saturated rings. The molecule has 1 aromatic rings. The maximum atomic E-state index is 6.13. The van der Waals surface area contributed by atoms with Gasteiger partial charge in [-0.25, -0.2) is 0 Å². The first-order valence-corrected chi connectivity index (χ1v) is 7.60. The number of rotatable bonds is 9. The third-order valence-electron chi connectivity index (χ3n) is 4.18. The van der Waals surface area contributed by atoms with E-state index >= 15 is 0 Å². The molecule has 2 atom stereocenters. The molecule has 2 unspecified atom stereocenters. The molecule has 0 heterocycles. The summed E-state index contributed by atoms with van der Waals surface area (Å²) >= 11 is 0. The molecule has 1 rings (SSSR count). The van der Waals surface area contributed by atoms with Crippen LogP contribution in [0.25, 0.3) is 0 Å². The lowest BCUT2D eigenvalue weighted by Gasteiger charge is -2.44. The van der Waals surface area contributed by atoms with Gasteiger partial charge >= 0.3 is 0 Å². The Hall–Kier alpha value is -1.10. The predicted octanol–water partition coefficient (Wildman–Crippen LogP) is 2.31. The minimum Gasteiger partial charge on any atom is -0.496 e. The average molecular weight is 294 g/mol. The molecule has 0 saturated carbocycles. The van der Waals surface area contributed by atoms with Crippen LogP contribution in [0.1, 0.15) is 26.3 Å². The molecule has 2 N–H and O–H groups in total. The van der Waals surface area contributed by atoms with Crippen LogP contribution < -0.4 is 10.5 Å². The highest BCUT2D eigenvalue weighted by molar-refractivity contribution is 5.34. The zero-order chi connectivity index (χ0) is 15.9. The van der Waals surface area contributed by atoms with Gasteiger partial charge in [-0.05, 0) is 38.4 Å². The van der Waals surface area contributed by atoms with Gasteiger partial charge in [-0.1, -0.05) is 25.1 Å². The molecule has 0 aliphatic rings. The monoisotopic (exact) mass is 294 g/mol. The summed E-state index contributed by atoms with van der Waals surface area (Å²) < 4.78 is 10.8. The molecular formula is C17H30N2O2. The summed E-state index contributed by atoms with van der Waals surface area (Å²) in [7, 11) is 3.45. The zero-order valence-corrected chi connectivity index (χ0v) is 14.1. The van der Waals surface area contributed by atoms with Crippen molar-refractivity contribution in [3.05, 3.63) is 29.8 Å². The first-order valence-electron chi connectivity index (χ1n) is 7.60. The van der Waals surface area contributed by atoms with Crippen LogP contribution in [0.15, 0.2) is 24.3 Å². The van der Waals surface area contributed by atoms with E-state index in [9.17, 15) is 0 Å². The molecule has 0 radical (unpaired) electrons. The van der Waals surface area contributed by atoms with E-state index in [1.54, 1.807) is 14.2 Å². The summed E-state index contributed by atoms with van der Waals surface area (Å²) in [6, 6.07) is 8.47. The van der Waals surface area contributed by atoms with Crippen LogP contribution in [0, 0.1) is 0 Å². The molecule has 0 spiro atoms. The average Bonchev–Trinajstić information content (AvgIpc) is 2.48. The summed E-state index contributed by atoms with van der Waals surface area (Å²) in [5, 5.41) is 0. The Morgan fingerprint density at radius 2 is 1.95 bits per heavy atom. The third kappa shape index (κ3) is 4.43. The Bertz CT molecular complexity index is 425. The van der Waals surface area contributed by atoms with Crippen molar-refractivity contribution < 1.29 is 9.47 Å². The Morgan fingerprint density at radius 1 is 1.29 bits per heavy atom. The Kier molecular flexibility index (Phi) is 7.15. The molecule has 0 saturated heterocycles. The van der Waals surface area contributed by atoms with E-state index in [1.807, 2.05) is 18.2 Å². The highest BCUT2D eigenvalue weighted by Gasteiger charge is 2.33. The highest BCUT2D eigenvalue weighted by Crippen LogP contribution is 2.27. The van der Waals surface area contributed by atoms with Crippen LogP contribution in [0.2, 0.25) is 0 Å². The number of para-hydroxylation sites is 1. The second-order valence-electron chi connectivity index (χ2n) is 5.78. The first-order chi connectivity index (χ1) is 10.0. The standard InChI is InChI=1S/C17H30N2O2/c1-6-19(14(2)12-20-4)17(3,13-18)11-15-9-7-8-10-16(15)21-5/h7-10,14H,6,11-13,18H2,1-5H3. The van der Waals surface area contributed by atoms with Crippen molar-refractivity contribution in [2.24, 2.45) is 5.73 Å². The van der Waals surface area contributed by atoms with Crippen LogP contribution >= 0.6 is 0 Å². The lowest BCUT2D eigenvalue weighted by atomic mass is 9.89. The van der Waals surface area contributed by atoms with Crippen LogP contribution in [-0.4, -0.2) is 50.4 Å². The van der Waals surface area contributed by atoms with Gasteiger partial charge in [-0.15, -0.1) is 0 Å². The van der Waals surface area contributed by atoms with Crippen molar-refractivity contribution in [2.45, 2.75) is 38.8 Å². The van der Waals surface area contributed by atoms with Gasteiger partial charge in [0.15, 0.2) is 0 Å². The van der Waals surface area contributed by atoms with Crippen LogP contribution in [0.5, 0.6) is 5.75 Å². The fraction of sp³-hybridized carbons (Fsp3) is 0.647. The SMILES string of the molecule is CCN(C(C)COC)C(C)(CN)Cc1ccccc1OC. The van der Waals surface area contributed by atoms with E-state index in [0.717, 1.165) is 18.7 Å². The second kappa shape index (κ2) is 8.37. The molecule has 1 aromatic carbocycles. The summed E-state index contributed by atoms with van der Waals surface area (Å²) in [4.78, 5) is 2.42. The Morgan fingerprint density at radius 3 is 2.48 bits per heavy atom. The summed E-state index contributed by atoms with van der Waals surface area (Å²) in [6.07, 6.45) is 0.857. The van der Waals surface area contributed by atoms with Gasteiger partial charge in [-0.3, -0.25) is 4.90 Å². The van der Waals surface area contributed by atoms with E-state index in [2.05, 4.69) is 31.7 Å². The number of ether oxygens (including phenoxy) is 2. The van der Waals surface area contributed by atoms with Gasteiger partial charge in [-0.2, -0.15) is 0 Å². The van der Waals surface area contributed by atoms with Gasteiger partial charge in [0.1, 0.15) is 5.75 Å². The number of hydrogen-bond acceptors (Lipinski definition) is 4. The van der Waals surface area contributed by atoms with Gasteiger partial charge < -0.3 is 15.2 Å². The number of methoxy groups -OCH3 is 2. The summed E-state index contributed by atoms with van der Waals surface area (Å²) in [6.45, 7) is 8.80. The molecule has 0 bridgehead atoms. The number of benzene rings is 1. The smallest absolute Gasteiger partial charge is 0.122 e. The molecular weight excluding hydrogens is 264 g/mol. The van der Waals surface area contributed by atoms with E-state index in [1.165, 1.54) is 5.56 Å². The maximum Gasteiger partial charge on any atom is 0.122 e. The summed E-state index contributed by atoms with van der Waals surface area (Å²) in [5.74, 6) is 0.924. The minimum absolute atomic E-state index is 0.124. The number of nitrogens with two attached hydrogens (primary N) is 1. The van der Waals surface area contributed by atoms with E-state index in [-0.39, 0.29) is 5.54 Å². The largest absolute Gasteiger partial charge is 0.496 e. The number of likely N-dealkylation sites (N-methyl/N-ethyl adjacent to an activating group) is 1. The molecule has 0 aromatic heterocycles. The van der Waals surface area contributed by atoms with Gasteiger partial charge in [0.2, 0.25) is 0 Å². The molecule has 120 valence electrons. The topological polar surface area (TPSA) is 47.7 Å². The molecule has 0 amide bonds. The normalized spacial score (nSPS) is 15.8. The van der Waals surface area contributed by atoms with Gasteiger partial charge in [0.05, 0.1) is 13.7 Å². The third-order valence-corrected chi connectivity index (χ3v) is 4.18.